The van der Waals surface area contributed by atoms with E-state index < -0.39 is 6.36 Å². The number of benzene rings is 1. The molecule has 22 heavy (non-hydrogen) atoms. The number of anilines is 1. The molecule has 1 aliphatic rings. The first-order valence-electron chi connectivity index (χ1n) is 7.36. The molecule has 1 aromatic carbocycles. The molecule has 0 unspecified atom stereocenters. The topological polar surface area (TPSA) is 50.4 Å². The largest absolute Gasteiger partial charge is 0.573 e. The van der Waals surface area contributed by atoms with Gasteiger partial charge in [0.1, 0.15) is 5.75 Å². The van der Waals surface area contributed by atoms with E-state index in [1.807, 2.05) is 0 Å². The predicted molar refractivity (Wildman–Crippen MR) is 76.8 cm³/mol. The number of ether oxygens (including phenoxy) is 1. The minimum atomic E-state index is -4.72. The van der Waals surface area contributed by atoms with Crippen LogP contribution in [0.25, 0.3) is 0 Å². The van der Waals surface area contributed by atoms with Gasteiger partial charge in [-0.25, -0.2) is 4.79 Å². The summed E-state index contributed by atoms with van der Waals surface area (Å²) in [4.78, 5) is 11.9. The van der Waals surface area contributed by atoms with E-state index in [-0.39, 0.29) is 17.8 Å². The Bertz CT molecular complexity index is 481. The summed E-state index contributed by atoms with van der Waals surface area (Å²) in [6, 6.07) is 4.89. The average molecular weight is 316 g/mol. The molecule has 0 radical (unpaired) electrons. The zero-order chi connectivity index (χ0) is 16.0. The molecule has 2 rings (SSSR count). The summed E-state index contributed by atoms with van der Waals surface area (Å²) >= 11 is 0. The Labute approximate surface area is 127 Å². The van der Waals surface area contributed by atoms with E-state index in [0.717, 1.165) is 37.8 Å². The van der Waals surface area contributed by atoms with Crippen molar-refractivity contribution in [3.8, 4) is 5.75 Å². The predicted octanol–water partition coefficient (Wildman–Crippen LogP) is 4.43. The van der Waals surface area contributed by atoms with Gasteiger partial charge < -0.3 is 15.4 Å². The standard InChI is InChI=1S/C15H19F3N2O2/c16-15(17,18)22-13-9-7-12(8-10-13)20-14(21)19-11-5-3-1-2-4-6-11/h7-11H,1-6H2,(H2,19,20,21). The maximum absolute atomic E-state index is 12.0. The number of hydrogen-bond acceptors (Lipinski definition) is 2. The van der Waals surface area contributed by atoms with Crippen LogP contribution in [0.4, 0.5) is 23.7 Å². The number of amides is 2. The Morgan fingerprint density at radius 2 is 1.64 bits per heavy atom. The number of carbonyl (C=O) groups is 1. The number of halogens is 3. The third-order valence-electron chi connectivity index (χ3n) is 3.54. The van der Waals surface area contributed by atoms with Crippen molar-refractivity contribution in [2.75, 3.05) is 5.32 Å². The second-order valence-electron chi connectivity index (χ2n) is 5.36. The molecule has 0 saturated heterocycles. The molecule has 0 atom stereocenters. The molecule has 0 aliphatic heterocycles. The molecule has 0 heterocycles. The molecular formula is C15H19F3N2O2. The van der Waals surface area contributed by atoms with Crippen LogP contribution in [-0.4, -0.2) is 18.4 Å². The highest BCUT2D eigenvalue weighted by atomic mass is 19.4. The molecule has 0 spiro atoms. The van der Waals surface area contributed by atoms with Crippen LogP contribution in [0, 0.1) is 0 Å². The number of urea groups is 1. The van der Waals surface area contributed by atoms with Crippen LogP contribution in [0.3, 0.4) is 0 Å². The highest BCUT2D eigenvalue weighted by Crippen LogP contribution is 2.24. The Balaban J connectivity index is 1.83. The molecule has 0 bridgehead atoms. The van der Waals surface area contributed by atoms with Crippen molar-refractivity contribution in [3.05, 3.63) is 24.3 Å². The fourth-order valence-corrected chi connectivity index (χ4v) is 2.52. The smallest absolute Gasteiger partial charge is 0.406 e. The lowest BCUT2D eigenvalue weighted by molar-refractivity contribution is -0.274. The number of alkyl halides is 3. The van der Waals surface area contributed by atoms with Crippen LogP contribution >= 0.6 is 0 Å². The highest BCUT2D eigenvalue weighted by molar-refractivity contribution is 5.89. The Morgan fingerprint density at radius 1 is 1.05 bits per heavy atom. The van der Waals surface area contributed by atoms with Gasteiger partial charge in [0.15, 0.2) is 0 Å². The number of hydrogen-bond donors (Lipinski definition) is 2. The van der Waals surface area contributed by atoms with E-state index in [4.69, 9.17) is 0 Å². The maximum atomic E-state index is 12.0. The van der Waals surface area contributed by atoms with E-state index in [2.05, 4.69) is 15.4 Å². The van der Waals surface area contributed by atoms with Gasteiger partial charge >= 0.3 is 12.4 Å². The summed E-state index contributed by atoms with van der Waals surface area (Å²) in [7, 11) is 0. The lowest BCUT2D eigenvalue weighted by Gasteiger charge is -2.17. The first kappa shape index (κ1) is 16.5. The molecule has 7 heteroatoms. The van der Waals surface area contributed by atoms with E-state index in [1.165, 1.54) is 25.0 Å². The number of nitrogens with one attached hydrogen (secondary N) is 2. The normalized spacial score (nSPS) is 16.7. The molecule has 4 nitrogen and oxygen atoms in total. The van der Waals surface area contributed by atoms with E-state index in [9.17, 15) is 18.0 Å². The Morgan fingerprint density at radius 3 is 2.18 bits per heavy atom. The maximum Gasteiger partial charge on any atom is 0.573 e. The summed E-state index contributed by atoms with van der Waals surface area (Å²) < 4.78 is 39.9. The Kier molecular flexibility index (Phi) is 5.51. The van der Waals surface area contributed by atoms with Gasteiger partial charge in [-0.1, -0.05) is 25.7 Å². The van der Waals surface area contributed by atoms with Gasteiger partial charge in [0.25, 0.3) is 0 Å². The van der Waals surface area contributed by atoms with Crippen molar-refractivity contribution in [2.45, 2.75) is 50.9 Å². The van der Waals surface area contributed by atoms with Crippen LogP contribution in [-0.2, 0) is 0 Å². The number of rotatable bonds is 3. The van der Waals surface area contributed by atoms with E-state index in [1.54, 1.807) is 0 Å². The van der Waals surface area contributed by atoms with Gasteiger partial charge in [-0.15, -0.1) is 13.2 Å². The minimum absolute atomic E-state index is 0.162. The van der Waals surface area contributed by atoms with Crippen molar-refractivity contribution < 1.29 is 22.7 Å². The lowest BCUT2D eigenvalue weighted by Crippen LogP contribution is -2.37. The van der Waals surface area contributed by atoms with Crippen molar-refractivity contribution in [3.63, 3.8) is 0 Å². The SMILES string of the molecule is O=C(Nc1ccc(OC(F)(F)F)cc1)NC1CCCCCC1. The first-order chi connectivity index (χ1) is 10.4. The molecule has 1 fully saturated rings. The third kappa shape index (κ3) is 5.83. The van der Waals surface area contributed by atoms with Gasteiger partial charge in [-0.05, 0) is 37.1 Å². The third-order valence-corrected chi connectivity index (χ3v) is 3.54. The fourth-order valence-electron chi connectivity index (χ4n) is 2.52. The van der Waals surface area contributed by atoms with Gasteiger partial charge in [-0.2, -0.15) is 0 Å². The van der Waals surface area contributed by atoms with Crippen molar-refractivity contribution in [1.29, 1.82) is 0 Å². The molecular weight excluding hydrogens is 297 g/mol. The zero-order valence-corrected chi connectivity index (χ0v) is 12.1. The van der Waals surface area contributed by atoms with Crippen LogP contribution in [0.5, 0.6) is 5.75 Å². The molecule has 1 aliphatic carbocycles. The first-order valence-corrected chi connectivity index (χ1v) is 7.36. The van der Waals surface area contributed by atoms with Crippen molar-refractivity contribution in [2.24, 2.45) is 0 Å². The van der Waals surface area contributed by atoms with Gasteiger partial charge in [0, 0.05) is 11.7 Å². The van der Waals surface area contributed by atoms with E-state index in [0.29, 0.717) is 5.69 Å². The summed E-state index contributed by atoms with van der Waals surface area (Å²) in [5, 5.41) is 5.51. The van der Waals surface area contributed by atoms with Crippen LogP contribution in [0.2, 0.25) is 0 Å². The van der Waals surface area contributed by atoms with Crippen LogP contribution in [0.15, 0.2) is 24.3 Å². The van der Waals surface area contributed by atoms with E-state index >= 15 is 0 Å². The van der Waals surface area contributed by atoms with Crippen LogP contribution in [0.1, 0.15) is 38.5 Å². The lowest BCUT2D eigenvalue weighted by atomic mass is 10.1. The molecule has 0 aromatic heterocycles. The van der Waals surface area contributed by atoms with Crippen molar-refractivity contribution in [1.82, 2.24) is 5.32 Å². The highest BCUT2D eigenvalue weighted by Gasteiger charge is 2.30. The zero-order valence-electron chi connectivity index (χ0n) is 12.1. The molecule has 1 aromatic rings. The van der Waals surface area contributed by atoms with Gasteiger partial charge in [0.05, 0.1) is 0 Å². The molecule has 2 amide bonds. The Hall–Kier alpha value is -1.92. The second-order valence-corrected chi connectivity index (χ2v) is 5.36. The minimum Gasteiger partial charge on any atom is -0.406 e. The average Bonchev–Trinajstić information content (AvgIpc) is 2.68. The molecule has 122 valence electrons. The van der Waals surface area contributed by atoms with Gasteiger partial charge in [-0.3, -0.25) is 0 Å². The summed E-state index contributed by atoms with van der Waals surface area (Å²) in [5.74, 6) is -0.317. The number of carbonyl (C=O) groups excluding carboxylic acids is 1. The summed E-state index contributed by atoms with van der Waals surface area (Å²) in [6.45, 7) is 0. The van der Waals surface area contributed by atoms with Gasteiger partial charge in [0.2, 0.25) is 0 Å². The second kappa shape index (κ2) is 7.38. The van der Waals surface area contributed by atoms with Crippen molar-refractivity contribution >= 4 is 11.7 Å². The molecule has 2 N–H and O–H groups in total. The van der Waals surface area contributed by atoms with Crippen LogP contribution < -0.4 is 15.4 Å². The monoisotopic (exact) mass is 316 g/mol. The quantitative estimate of drug-likeness (QED) is 0.811. The summed E-state index contributed by atoms with van der Waals surface area (Å²) in [6.07, 6.45) is 1.81. The fraction of sp³-hybridized carbons (Fsp3) is 0.533. The molecule has 1 saturated carbocycles. The summed E-state index contributed by atoms with van der Waals surface area (Å²) in [5.41, 5.74) is 0.417.